The van der Waals surface area contributed by atoms with Gasteiger partial charge in [0.05, 0.1) is 17.7 Å². The number of nitrogens with one attached hydrogen (secondary N) is 2. The molecule has 20 heavy (non-hydrogen) atoms. The third-order valence-electron chi connectivity index (χ3n) is 3.30. The molecular formula is C14H19N3O3. The van der Waals surface area contributed by atoms with Crippen LogP contribution in [0.4, 0.5) is 11.5 Å². The van der Waals surface area contributed by atoms with Crippen LogP contribution in [0.15, 0.2) is 18.3 Å². The van der Waals surface area contributed by atoms with Crippen LogP contribution in [-0.2, 0) is 14.3 Å². The van der Waals surface area contributed by atoms with Crippen molar-refractivity contribution in [3.05, 3.63) is 18.3 Å². The quantitative estimate of drug-likeness (QED) is 0.882. The number of anilines is 2. The molecule has 1 aliphatic heterocycles. The van der Waals surface area contributed by atoms with Gasteiger partial charge in [-0.15, -0.1) is 0 Å². The number of carbonyl (C=O) groups excluding carboxylic acids is 2. The fourth-order valence-corrected chi connectivity index (χ4v) is 2.27. The molecule has 1 aliphatic rings. The first kappa shape index (κ1) is 14.5. The average molecular weight is 277 g/mol. The van der Waals surface area contributed by atoms with Gasteiger partial charge in [-0.05, 0) is 31.9 Å². The monoisotopic (exact) mass is 277 g/mol. The lowest BCUT2D eigenvalue weighted by Gasteiger charge is -2.28. The second-order valence-corrected chi connectivity index (χ2v) is 4.89. The van der Waals surface area contributed by atoms with E-state index in [2.05, 4.69) is 15.6 Å². The van der Waals surface area contributed by atoms with Crippen LogP contribution in [0.2, 0.25) is 0 Å². The van der Waals surface area contributed by atoms with Crippen molar-refractivity contribution >= 4 is 23.3 Å². The molecular weight excluding hydrogens is 258 g/mol. The van der Waals surface area contributed by atoms with Crippen molar-refractivity contribution < 1.29 is 14.3 Å². The molecule has 0 unspecified atom stereocenters. The van der Waals surface area contributed by atoms with Crippen LogP contribution < -0.4 is 10.6 Å². The molecule has 0 aliphatic carbocycles. The topological polar surface area (TPSA) is 80.3 Å². The van der Waals surface area contributed by atoms with Gasteiger partial charge in [0.15, 0.2) is 5.82 Å². The van der Waals surface area contributed by atoms with E-state index in [0.717, 1.165) is 12.8 Å². The van der Waals surface area contributed by atoms with Crippen LogP contribution in [0.5, 0.6) is 0 Å². The maximum absolute atomic E-state index is 12.3. The third kappa shape index (κ3) is 3.54. The van der Waals surface area contributed by atoms with E-state index >= 15 is 0 Å². The first-order chi connectivity index (χ1) is 9.58. The van der Waals surface area contributed by atoms with E-state index in [1.54, 1.807) is 18.3 Å². The molecule has 108 valence electrons. The van der Waals surface area contributed by atoms with Crippen LogP contribution in [0.3, 0.4) is 0 Å². The van der Waals surface area contributed by atoms with E-state index in [9.17, 15) is 9.59 Å². The van der Waals surface area contributed by atoms with Gasteiger partial charge in [-0.2, -0.15) is 0 Å². The Morgan fingerprint density at radius 1 is 1.40 bits per heavy atom. The van der Waals surface area contributed by atoms with Gasteiger partial charge in [-0.1, -0.05) is 0 Å². The third-order valence-corrected chi connectivity index (χ3v) is 3.30. The molecule has 2 amide bonds. The number of aromatic nitrogens is 1. The molecule has 0 saturated carbocycles. The summed E-state index contributed by atoms with van der Waals surface area (Å²) >= 11 is 0. The van der Waals surface area contributed by atoms with E-state index in [1.165, 1.54) is 6.92 Å². The average Bonchev–Trinajstić information content (AvgIpc) is 2.41. The fraction of sp³-hybridized carbons (Fsp3) is 0.500. The Balaban J connectivity index is 2.09. The van der Waals surface area contributed by atoms with Crippen molar-refractivity contribution in [2.75, 3.05) is 17.2 Å². The Morgan fingerprint density at radius 3 is 2.90 bits per heavy atom. The smallest absolute Gasteiger partial charge is 0.231 e. The molecule has 2 atom stereocenters. The summed E-state index contributed by atoms with van der Waals surface area (Å²) in [6, 6.07) is 3.40. The SMILES string of the molecule is CC(=O)Nc1cccnc1NC(=O)[C@H]1CCCO[C@@H]1C. The number of ether oxygens (including phenoxy) is 1. The molecule has 6 nitrogen and oxygen atoms in total. The van der Waals surface area contributed by atoms with Gasteiger partial charge >= 0.3 is 0 Å². The molecule has 2 rings (SSSR count). The summed E-state index contributed by atoms with van der Waals surface area (Å²) in [5, 5.41) is 5.42. The minimum absolute atomic E-state index is 0.100. The lowest BCUT2D eigenvalue weighted by atomic mass is 9.94. The van der Waals surface area contributed by atoms with Gasteiger partial charge in [-0.3, -0.25) is 9.59 Å². The van der Waals surface area contributed by atoms with Gasteiger partial charge in [-0.25, -0.2) is 4.98 Å². The second-order valence-electron chi connectivity index (χ2n) is 4.89. The highest BCUT2D eigenvalue weighted by atomic mass is 16.5. The first-order valence-corrected chi connectivity index (χ1v) is 6.73. The van der Waals surface area contributed by atoms with Gasteiger partial charge in [0.25, 0.3) is 0 Å². The summed E-state index contributed by atoms with van der Waals surface area (Å²) in [5.41, 5.74) is 0.498. The molecule has 2 N–H and O–H groups in total. The van der Waals surface area contributed by atoms with E-state index in [1.807, 2.05) is 6.92 Å². The van der Waals surface area contributed by atoms with Crippen LogP contribution in [0.1, 0.15) is 26.7 Å². The number of pyridine rings is 1. The van der Waals surface area contributed by atoms with Gasteiger partial charge < -0.3 is 15.4 Å². The molecule has 0 aromatic carbocycles. The Morgan fingerprint density at radius 2 is 2.20 bits per heavy atom. The van der Waals surface area contributed by atoms with Crippen molar-refractivity contribution in [2.45, 2.75) is 32.8 Å². The summed E-state index contributed by atoms with van der Waals surface area (Å²) < 4.78 is 5.49. The highest BCUT2D eigenvalue weighted by Crippen LogP contribution is 2.24. The fourth-order valence-electron chi connectivity index (χ4n) is 2.27. The van der Waals surface area contributed by atoms with Gasteiger partial charge in [0, 0.05) is 19.7 Å². The van der Waals surface area contributed by atoms with Crippen LogP contribution >= 0.6 is 0 Å². The zero-order valence-electron chi connectivity index (χ0n) is 11.7. The van der Waals surface area contributed by atoms with Crippen molar-refractivity contribution in [2.24, 2.45) is 5.92 Å². The first-order valence-electron chi connectivity index (χ1n) is 6.73. The van der Waals surface area contributed by atoms with Crippen molar-refractivity contribution in [3.63, 3.8) is 0 Å². The molecule has 6 heteroatoms. The summed E-state index contributed by atoms with van der Waals surface area (Å²) in [4.78, 5) is 27.5. The molecule has 0 spiro atoms. The Kier molecular flexibility index (Phi) is 4.68. The largest absolute Gasteiger partial charge is 0.378 e. The minimum Gasteiger partial charge on any atom is -0.378 e. The van der Waals surface area contributed by atoms with Gasteiger partial charge in [0.1, 0.15) is 0 Å². The summed E-state index contributed by atoms with van der Waals surface area (Å²) in [7, 11) is 0. The Bertz CT molecular complexity index is 504. The highest BCUT2D eigenvalue weighted by Gasteiger charge is 2.29. The standard InChI is InChI=1S/C14H19N3O3/c1-9-11(5-4-8-20-9)14(19)17-13-12(16-10(2)18)6-3-7-15-13/h3,6-7,9,11H,4-5,8H2,1-2H3,(H,16,18)(H,15,17,19)/t9-,11+/m1/s1. The maximum Gasteiger partial charge on any atom is 0.231 e. The van der Waals surface area contributed by atoms with E-state index < -0.39 is 0 Å². The summed E-state index contributed by atoms with van der Waals surface area (Å²) in [6.45, 7) is 4.01. The minimum atomic E-state index is -0.206. The number of amides is 2. The van der Waals surface area contributed by atoms with E-state index in [-0.39, 0.29) is 23.8 Å². The maximum atomic E-state index is 12.3. The zero-order chi connectivity index (χ0) is 14.5. The highest BCUT2D eigenvalue weighted by molar-refractivity contribution is 5.98. The lowest BCUT2D eigenvalue weighted by Crippen LogP contribution is -2.36. The molecule has 0 bridgehead atoms. The Hall–Kier alpha value is -1.95. The Labute approximate surface area is 117 Å². The molecule has 1 fully saturated rings. The molecule has 1 aromatic rings. The molecule has 2 heterocycles. The predicted molar refractivity (Wildman–Crippen MR) is 75.3 cm³/mol. The zero-order valence-corrected chi connectivity index (χ0v) is 11.7. The number of rotatable bonds is 3. The molecule has 0 radical (unpaired) electrons. The van der Waals surface area contributed by atoms with Crippen molar-refractivity contribution in [3.8, 4) is 0 Å². The molecule has 1 aromatic heterocycles. The summed E-state index contributed by atoms with van der Waals surface area (Å²) in [6.07, 6.45) is 3.15. The van der Waals surface area contributed by atoms with E-state index in [4.69, 9.17) is 4.74 Å². The van der Waals surface area contributed by atoms with Crippen LogP contribution in [0.25, 0.3) is 0 Å². The number of hydrogen-bond donors (Lipinski definition) is 2. The van der Waals surface area contributed by atoms with Crippen LogP contribution in [0, 0.1) is 5.92 Å². The number of hydrogen-bond acceptors (Lipinski definition) is 4. The summed E-state index contributed by atoms with van der Waals surface area (Å²) in [5.74, 6) is -0.147. The number of carbonyl (C=O) groups is 2. The number of nitrogens with zero attached hydrogens (tertiary/aromatic N) is 1. The van der Waals surface area contributed by atoms with Crippen molar-refractivity contribution in [1.29, 1.82) is 0 Å². The second kappa shape index (κ2) is 6.47. The normalized spacial score (nSPS) is 22.1. The van der Waals surface area contributed by atoms with Gasteiger partial charge in [0.2, 0.25) is 11.8 Å². The predicted octanol–water partition coefficient (Wildman–Crippen LogP) is 1.79. The van der Waals surface area contributed by atoms with Crippen molar-refractivity contribution in [1.82, 2.24) is 4.98 Å². The van der Waals surface area contributed by atoms with E-state index in [0.29, 0.717) is 18.1 Å². The van der Waals surface area contributed by atoms with Crippen LogP contribution in [-0.4, -0.2) is 29.5 Å². The molecule has 1 saturated heterocycles. The lowest BCUT2D eigenvalue weighted by molar-refractivity contribution is -0.128.